The lowest BCUT2D eigenvalue weighted by Gasteiger charge is -2.31. The van der Waals surface area contributed by atoms with Crippen LogP contribution in [0.15, 0.2) is 54.6 Å². The molecule has 5 heteroatoms. The van der Waals surface area contributed by atoms with E-state index in [1.165, 1.54) is 0 Å². The number of hydrogen-bond acceptors (Lipinski definition) is 3. The minimum atomic E-state index is -1.02. The first-order valence-electron chi connectivity index (χ1n) is 7.72. The van der Waals surface area contributed by atoms with Gasteiger partial charge in [-0.05, 0) is 23.6 Å². The summed E-state index contributed by atoms with van der Waals surface area (Å²) in [6, 6.07) is 16.2. The van der Waals surface area contributed by atoms with Crippen LogP contribution in [0.5, 0.6) is 5.75 Å². The van der Waals surface area contributed by atoms with Crippen LogP contribution in [-0.4, -0.2) is 5.90 Å². The maximum absolute atomic E-state index is 14.4. The van der Waals surface area contributed by atoms with Crippen LogP contribution in [0.4, 0.5) is 8.78 Å². The molecule has 1 heterocycles. The van der Waals surface area contributed by atoms with Gasteiger partial charge in [0.2, 0.25) is 5.90 Å². The molecule has 0 radical (unpaired) electrons. The van der Waals surface area contributed by atoms with Gasteiger partial charge in [-0.2, -0.15) is 5.26 Å². The number of rotatable bonds is 1. The lowest BCUT2D eigenvalue weighted by molar-refractivity contribution is 0.447. The highest BCUT2D eigenvalue weighted by Gasteiger charge is 2.39. The molecule has 4 rings (SSSR count). The van der Waals surface area contributed by atoms with Crippen LogP contribution in [-0.2, 0) is 0 Å². The van der Waals surface area contributed by atoms with E-state index in [2.05, 4.69) is 0 Å². The molecule has 25 heavy (non-hydrogen) atoms. The Hall–Kier alpha value is -3.26. The van der Waals surface area contributed by atoms with Gasteiger partial charge in [-0.3, -0.25) is 5.41 Å². The van der Waals surface area contributed by atoms with Gasteiger partial charge >= 0.3 is 0 Å². The van der Waals surface area contributed by atoms with Gasteiger partial charge < -0.3 is 4.74 Å². The largest absolute Gasteiger partial charge is 0.441 e. The first-order chi connectivity index (χ1) is 12.1. The molecule has 2 unspecified atom stereocenters. The van der Waals surface area contributed by atoms with Crippen molar-refractivity contribution in [2.24, 2.45) is 5.92 Å². The van der Waals surface area contributed by atoms with Gasteiger partial charge in [-0.25, -0.2) is 8.78 Å². The SMILES string of the molecule is N#CC1C(=N)Oc2c(ccc3ccccc23)C1c1cc(F)ccc1F. The average molecular weight is 334 g/mol. The summed E-state index contributed by atoms with van der Waals surface area (Å²) in [4.78, 5) is 0. The maximum Gasteiger partial charge on any atom is 0.205 e. The molecule has 0 aliphatic carbocycles. The van der Waals surface area contributed by atoms with Crippen molar-refractivity contribution in [3.05, 3.63) is 77.4 Å². The predicted octanol–water partition coefficient (Wildman–Crippen LogP) is 4.76. The van der Waals surface area contributed by atoms with E-state index in [4.69, 9.17) is 10.1 Å². The Bertz CT molecular complexity index is 1060. The van der Waals surface area contributed by atoms with Crippen molar-refractivity contribution >= 4 is 16.7 Å². The van der Waals surface area contributed by atoms with Crippen molar-refractivity contribution < 1.29 is 13.5 Å². The van der Waals surface area contributed by atoms with Gasteiger partial charge in [0.05, 0.1) is 6.07 Å². The fourth-order valence-corrected chi connectivity index (χ4v) is 3.36. The molecule has 0 amide bonds. The third kappa shape index (κ3) is 2.34. The Labute approximate surface area is 142 Å². The van der Waals surface area contributed by atoms with Crippen molar-refractivity contribution in [1.82, 2.24) is 0 Å². The summed E-state index contributed by atoms with van der Waals surface area (Å²) in [5.74, 6) is -2.87. The zero-order valence-electron chi connectivity index (χ0n) is 13.0. The van der Waals surface area contributed by atoms with Crippen molar-refractivity contribution in [3.63, 3.8) is 0 Å². The van der Waals surface area contributed by atoms with E-state index in [1.807, 2.05) is 36.4 Å². The van der Waals surface area contributed by atoms with Gasteiger partial charge in [0.25, 0.3) is 0 Å². The summed E-state index contributed by atoms with van der Waals surface area (Å²) in [5, 5.41) is 19.3. The number of halogens is 2. The summed E-state index contributed by atoms with van der Waals surface area (Å²) in [6.07, 6.45) is 0. The highest BCUT2D eigenvalue weighted by molar-refractivity contribution is 5.95. The van der Waals surface area contributed by atoms with Crippen LogP contribution < -0.4 is 4.74 Å². The number of nitrogens with one attached hydrogen (secondary N) is 1. The summed E-state index contributed by atoms with van der Waals surface area (Å²) in [7, 11) is 0. The predicted molar refractivity (Wildman–Crippen MR) is 89.6 cm³/mol. The molecule has 0 bridgehead atoms. The summed E-state index contributed by atoms with van der Waals surface area (Å²) in [5.41, 5.74) is 0.627. The lowest BCUT2D eigenvalue weighted by Crippen LogP contribution is -2.31. The van der Waals surface area contributed by atoms with Gasteiger partial charge in [0, 0.05) is 22.4 Å². The third-order valence-corrected chi connectivity index (χ3v) is 4.51. The van der Waals surface area contributed by atoms with Crippen molar-refractivity contribution in [3.8, 4) is 11.8 Å². The monoisotopic (exact) mass is 334 g/mol. The van der Waals surface area contributed by atoms with Crippen LogP contribution in [0.1, 0.15) is 17.0 Å². The van der Waals surface area contributed by atoms with E-state index in [9.17, 15) is 14.0 Å². The molecule has 0 saturated heterocycles. The minimum absolute atomic E-state index is 0.0520. The fourth-order valence-electron chi connectivity index (χ4n) is 3.36. The summed E-state index contributed by atoms with van der Waals surface area (Å²) < 4.78 is 33.8. The molecule has 3 aromatic rings. The lowest BCUT2D eigenvalue weighted by atomic mass is 9.78. The van der Waals surface area contributed by atoms with Crippen molar-refractivity contribution in [2.75, 3.05) is 0 Å². The van der Waals surface area contributed by atoms with E-state index >= 15 is 0 Å². The van der Waals surface area contributed by atoms with Gasteiger partial charge in [-0.1, -0.05) is 36.4 Å². The number of nitrogens with zero attached hydrogens (tertiary/aromatic N) is 1. The second-order valence-electron chi connectivity index (χ2n) is 5.92. The molecule has 3 aromatic carbocycles. The second kappa shape index (κ2) is 5.67. The summed E-state index contributed by atoms with van der Waals surface area (Å²) >= 11 is 0. The Kier molecular flexibility index (Phi) is 3.47. The molecule has 0 saturated carbocycles. The number of benzene rings is 3. The molecule has 3 nitrogen and oxygen atoms in total. The fraction of sp³-hybridized carbons (Fsp3) is 0.100. The third-order valence-electron chi connectivity index (χ3n) is 4.51. The standard InChI is InChI=1S/C20H12F2N2O/c21-12-6-8-17(22)15(9-12)18-14-7-5-11-3-1-2-4-13(11)19(14)25-20(24)16(18)10-23/h1-9,16,18,24H. The quantitative estimate of drug-likeness (QED) is 0.697. The molecule has 1 N–H and O–H groups in total. The normalized spacial score (nSPS) is 19.2. The van der Waals surface area contributed by atoms with Crippen LogP contribution in [0.3, 0.4) is 0 Å². The average Bonchev–Trinajstić information content (AvgIpc) is 2.62. The Balaban J connectivity index is 2.03. The smallest absolute Gasteiger partial charge is 0.205 e. The number of nitriles is 1. The molecular weight excluding hydrogens is 322 g/mol. The molecule has 122 valence electrons. The van der Waals surface area contributed by atoms with E-state index in [1.54, 1.807) is 6.07 Å². The van der Waals surface area contributed by atoms with Gasteiger partial charge in [0.1, 0.15) is 23.3 Å². The highest BCUT2D eigenvalue weighted by atomic mass is 19.1. The number of ether oxygens (including phenoxy) is 1. The van der Waals surface area contributed by atoms with Crippen molar-refractivity contribution in [1.29, 1.82) is 10.7 Å². The Morgan fingerprint density at radius 2 is 1.80 bits per heavy atom. The molecule has 0 spiro atoms. The summed E-state index contributed by atoms with van der Waals surface area (Å²) in [6.45, 7) is 0. The molecular formula is C20H12F2N2O. The minimum Gasteiger partial charge on any atom is -0.441 e. The number of hydrogen-bond donors (Lipinski definition) is 1. The molecule has 1 aliphatic heterocycles. The van der Waals surface area contributed by atoms with Crippen LogP contribution in [0.25, 0.3) is 10.8 Å². The van der Waals surface area contributed by atoms with Crippen LogP contribution >= 0.6 is 0 Å². The van der Waals surface area contributed by atoms with E-state index in [0.717, 1.165) is 29.0 Å². The van der Waals surface area contributed by atoms with Crippen LogP contribution in [0, 0.1) is 34.3 Å². The molecule has 1 aliphatic rings. The zero-order chi connectivity index (χ0) is 17.6. The van der Waals surface area contributed by atoms with E-state index < -0.39 is 23.5 Å². The van der Waals surface area contributed by atoms with Gasteiger partial charge in [0.15, 0.2) is 0 Å². The highest BCUT2D eigenvalue weighted by Crippen LogP contribution is 2.45. The second-order valence-corrected chi connectivity index (χ2v) is 5.92. The topological polar surface area (TPSA) is 56.9 Å². The van der Waals surface area contributed by atoms with Crippen molar-refractivity contribution in [2.45, 2.75) is 5.92 Å². The Morgan fingerprint density at radius 3 is 2.60 bits per heavy atom. The van der Waals surface area contributed by atoms with Crippen LogP contribution in [0.2, 0.25) is 0 Å². The maximum atomic E-state index is 14.4. The first kappa shape index (κ1) is 15.3. The number of fused-ring (bicyclic) bond motifs is 3. The van der Waals surface area contributed by atoms with Gasteiger partial charge in [-0.15, -0.1) is 0 Å². The molecule has 0 aromatic heterocycles. The molecule has 0 fully saturated rings. The molecule has 2 atom stereocenters. The van der Waals surface area contributed by atoms with E-state index in [-0.39, 0.29) is 11.5 Å². The first-order valence-corrected chi connectivity index (χ1v) is 7.72. The zero-order valence-corrected chi connectivity index (χ0v) is 13.0. The van der Waals surface area contributed by atoms with E-state index in [0.29, 0.717) is 11.3 Å². The Morgan fingerprint density at radius 1 is 1.00 bits per heavy atom.